The molecule has 3 aliphatic heterocycles. The van der Waals surface area contributed by atoms with Crippen molar-refractivity contribution in [2.75, 3.05) is 95.9 Å². The lowest BCUT2D eigenvalue weighted by atomic mass is 9.90. The van der Waals surface area contributed by atoms with Crippen LogP contribution < -0.4 is 20.2 Å². The molecule has 2 aromatic carbocycles. The minimum absolute atomic E-state index is 0.336. The highest BCUT2D eigenvalue weighted by atomic mass is 16.6. The van der Waals surface area contributed by atoms with Gasteiger partial charge >= 0.3 is 5.63 Å². The lowest BCUT2D eigenvalue weighted by Gasteiger charge is -2.37. The smallest absolute Gasteiger partial charge is 0.362 e. The van der Waals surface area contributed by atoms with E-state index in [1.54, 1.807) is 13.3 Å². The van der Waals surface area contributed by atoms with E-state index in [2.05, 4.69) is 26.2 Å². The van der Waals surface area contributed by atoms with Crippen LogP contribution in [0.3, 0.4) is 0 Å². The summed E-state index contributed by atoms with van der Waals surface area (Å²) in [4.78, 5) is 17.9. The molecule has 0 saturated carbocycles. The van der Waals surface area contributed by atoms with Gasteiger partial charge in [0.2, 0.25) is 0 Å². The number of benzene rings is 2. The quantitative estimate of drug-likeness (QED) is 0.308. The van der Waals surface area contributed by atoms with Crippen molar-refractivity contribution < 1.29 is 28.1 Å². The molecule has 3 aliphatic rings. The van der Waals surface area contributed by atoms with Crippen LogP contribution in [0.15, 0.2) is 45.7 Å². The van der Waals surface area contributed by atoms with Crippen LogP contribution in [0.4, 0.5) is 11.4 Å². The largest absolute Gasteiger partial charge is 0.495 e. The van der Waals surface area contributed by atoms with Crippen LogP contribution in [0.5, 0.6) is 5.75 Å². The average molecular weight is 632 g/mol. The van der Waals surface area contributed by atoms with E-state index < -0.39 is 5.63 Å². The van der Waals surface area contributed by atoms with Crippen molar-refractivity contribution in [1.82, 2.24) is 15.0 Å². The summed E-state index contributed by atoms with van der Waals surface area (Å²) in [6, 6.07) is 10.00. The van der Waals surface area contributed by atoms with Gasteiger partial charge in [-0.15, -0.1) is 5.10 Å². The zero-order valence-electron chi connectivity index (χ0n) is 26.4. The monoisotopic (exact) mass is 631 g/mol. The number of hydrogen-bond donors (Lipinski definition) is 0. The third-order valence-corrected chi connectivity index (χ3v) is 8.88. The molecule has 0 amide bonds. The molecule has 0 bridgehead atoms. The Hall–Kier alpha value is -3.97. The van der Waals surface area contributed by atoms with Gasteiger partial charge in [0.15, 0.2) is 5.69 Å². The SMILES string of the molecule is COc1cc(-c2cn(-c3cc4cc5c6c(c4oc3=O)CCCN6CCC5)nn2)ccc1N1CCOCCOCCOCCOCC1. The van der Waals surface area contributed by atoms with Crippen molar-refractivity contribution in [3.63, 3.8) is 0 Å². The van der Waals surface area contributed by atoms with E-state index in [9.17, 15) is 4.79 Å². The first kappa shape index (κ1) is 30.7. The molecule has 4 aromatic rings. The average Bonchev–Trinajstić information content (AvgIpc) is 3.57. The zero-order valence-corrected chi connectivity index (χ0v) is 26.4. The molecule has 244 valence electrons. The summed E-state index contributed by atoms with van der Waals surface area (Å²) in [6.45, 7) is 7.71. The Morgan fingerprint density at radius 2 is 1.46 bits per heavy atom. The third kappa shape index (κ3) is 6.48. The van der Waals surface area contributed by atoms with E-state index in [0.717, 1.165) is 61.0 Å². The van der Waals surface area contributed by atoms with Crippen LogP contribution in [0.1, 0.15) is 24.0 Å². The van der Waals surface area contributed by atoms with E-state index >= 15 is 0 Å². The molecule has 1 saturated heterocycles. The van der Waals surface area contributed by atoms with Gasteiger partial charge in [0.25, 0.3) is 0 Å². The minimum Gasteiger partial charge on any atom is -0.495 e. The maximum Gasteiger partial charge on any atom is 0.362 e. The van der Waals surface area contributed by atoms with E-state index in [1.165, 1.54) is 15.9 Å². The van der Waals surface area contributed by atoms with Crippen LogP contribution in [0.25, 0.3) is 27.9 Å². The fourth-order valence-corrected chi connectivity index (χ4v) is 6.67. The summed E-state index contributed by atoms with van der Waals surface area (Å²) < 4.78 is 36.0. The zero-order chi connectivity index (χ0) is 31.3. The predicted octanol–water partition coefficient (Wildman–Crippen LogP) is 3.63. The number of anilines is 2. The van der Waals surface area contributed by atoms with Crippen molar-refractivity contribution in [3.8, 4) is 22.7 Å². The number of nitrogens with zero attached hydrogens (tertiary/aromatic N) is 5. The highest BCUT2D eigenvalue weighted by molar-refractivity contribution is 5.89. The summed E-state index contributed by atoms with van der Waals surface area (Å²) >= 11 is 0. The fourth-order valence-electron chi connectivity index (χ4n) is 6.67. The number of aryl methyl sites for hydroxylation is 2. The van der Waals surface area contributed by atoms with Gasteiger partial charge in [-0.25, -0.2) is 9.48 Å². The predicted molar refractivity (Wildman–Crippen MR) is 174 cm³/mol. The molecular formula is C34H41N5O7. The van der Waals surface area contributed by atoms with Gasteiger partial charge in [-0.05, 0) is 55.5 Å². The van der Waals surface area contributed by atoms with Crippen LogP contribution in [-0.2, 0) is 31.8 Å². The van der Waals surface area contributed by atoms with Gasteiger partial charge in [-0.3, -0.25) is 0 Å². The summed E-state index contributed by atoms with van der Waals surface area (Å²) in [6.07, 6.45) is 5.92. The Bertz CT molecular complexity index is 1700. The van der Waals surface area contributed by atoms with Gasteiger partial charge < -0.3 is 37.9 Å². The minimum atomic E-state index is -0.430. The van der Waals surface area contributed by atoms with E-state index in [0.29, 0.717) is 88.7 Å². The van der Waals surface area contributed by atoms with Crippen LogP contribution in [0, 0.1) is 0 Å². The van der Waals surface area contributed by atoms with Crippen molar-refractivity contribution >= 4 is 22.3 Å². The molecule has 0 radical (unpaired) electrons. The standard InChI is InChI=1S/C34H41N5O7/c1-41-31-22-24(6-7-29(31)37-10-12-42-14-16-44-18-19-45-17-15-43-13-11-37)28-23-39(36-35-28)30-21-26-20-25-4-2-8-38-9-3-5-27(32(25)38)33(26)46-34(30)40/h6-7,20-23H,2-5,8-19H2,1H3. The van der Waals surface area contributed by atoms with Crippen molar-refractivity contribution in [3.05, 3.63) is 58.1 Å². The Kier molecular flexibility index (Phi) is 9.47. The molecule has 0 unspecified atom stereocenters. The molecule has 0 aliphatic carbocycles. The van der Waals surface area contributed by atoms with Gasteiger partial charge in [-0.1, -0.05) is 11.3 Å². The second kappa shape index (κ2) is 14.2. The van der Waals surface area contributed by atoms with E-state index in [-0.39, 0.29) is 0 Å². The molecule has 0 N–H and O–H groups in total. The Balaban J connectivity index is 1.13. The first-order valence-electron chi connectivity index (χ1n) is 16.2. The molecule has 0 spiro atoms. The first-order valence-corrected chi connectivity index (χ1v) is 16.2. The number of hydrogen-bond acceptors (Lipinski definition) is 11. The Morgan fingerprint density at radius 3 is 2.17 bits per heavy atom. The summed E-state index contributed by atoms with van der Waals surface area (Å²) in [5, 5.41) is 9.66. The Labute approximate surface area is 267 Å². The first-order chi connectivity index (χ1) is 22.7. The number of ether oxygens (including phenoxy) is 5. The van der Waals surface area contributed by atoms with Gasteiger partial charge in [0.1, 0.15) is 17.0 Å². The van der Waals surface area contributed by atoms with Gasteiger partial charge in [0.05, 0.1) is 71.8 Å². The molecule has 7 rings (SSSR count). The molecule has 12 nitrogen and oxygen atoms in total. The van der Waals surface area contributed by atoms with Crippen LogP contribution in [0.2, 0.25) is 0 Å². The number of aromatic nitrogens is 3. The van der Waals surface area contributed by atoms with Gasteiger partial charge in [0, 0.05) is 48.4 Å². The molecule has 0 atom stereocenters. The third-order valence-electron chi connectivity index (χ3n) is 8.88. The van der Waals surface area contributed by atoms with Gasteiger partial charge in [-0.2, -0.15) is 0 Å². The lowest BCUT2D eigenvalue weighted by molar-refractivity contribution is 0.00206. The topological polar surface area (TPSA) is 114 Å². The maximum atomic E-state index is 13.3. The van der Waals surface area contributed by atoms with Crippen LogP contribution in [-0.4, -0.2) is 101 Å². The highest BCUT2D eigenvalue weighted by Crippen LogP contribution is 2.40. The lowest BCUT2D eigenvalue weighted by Crippen LogP contribution is -2.34. The summed E-state index contributed by atoms with van der Waals surface area (Å²) in [5.41, 5.74) is 6.72. The second-order valence-corrected chi connectivity index (χ2v) is 11.8. The van der Waals surface area contributed by atoms with Crippen molar-refractivity contribution in [2.24, 2.45) is 0 Å². The molecule has 12 heteroatoms. The summed E-state index contributed by atoms with van der Waals surface area (Å²) in [5.74, 6) is 0.689. The molecule has 1 fully saturated rings. The molecule has 2 aromatic heterocycles. The number of rotatable bonds is 4. The molecule has 46 heavy (non-hydrogen) atoms. The number of fused-ring (bicyclic) bond motifs is 2. The number of methoxy groups -OCH3 is 1. The van der Waals surface area contributed by atoms with Crippen LogP contribution >= 0.6 is 0 Å². The van der Waals surface area contributed by atoms with Crippen molar-refractivity contribution in [1.29, 1.82) is 0 Å². The fraction of sp³-hybridized carbons (Fsp3) is 0.500. The second-order valence-electron chi connectivity index (χ2n) is 11.8. The molecular weight excluding hydrogens is 590 g/mol. The van der Waals surface area contributed by atoms with E-state index in [1.807, 2.05) is 24.3 Å². The van der Waals surface area contributed by atoms with E-state index in [4.69, 9.17) is 28.1 Å². The normalized spacial score (nSPS) is 18.5. The highest BCUT2D eigenvalue weighted by Gasteiger charge is 2.27. The summed E-state index contributed by atoms with van der Waals surface area (Å²) in [7, 11) is 1.65. The Morgan fingerprint density at radius 1 is 0.761 bits per heavy atom. The molecule has 5 heterocycles. The maximum absolute atomic E-state index is 13.3. The van der Waals surface area contributed by atoms with Crippen molar-refractivity contribution in [2.45, 2.75) is 25.7 Å².